The first-order valence-corrected chi connectivity index (χ1v) is 40.7. The van der Waals surface area contributed by atoms with Gasteiger partial charge >= 0.3 is 0 Å². The molecule has 8 N–H and O–H groups in total. The summed E-state index contributed by atoms with van der Waals surface area (Å²) in [6, 6.07) is 42.4. The van der Waals surface area contributed by atoms with E-state index in [0.29, 0.717) is 150 Å². The molecule has 0 unspecified atom stereocenters. The van der Waals surface area contributed by atoms with Gasteiger partial charge in [0.15, 0.2) is 46.0 Å². The molecule has 1 aliphatic rings. The van der Waals surface area contributed by atoms with Gasteiger partial charge in [0.1, 0.15) is 23.0 Å². The maximum absolute atomic E-state index is 12.9. The second kappa shape index (κ2) is 42.8. The van der Waals surface area contributed by atoms with Crippen LogP contribution in [0.15, 0.2) is 180 Å². The molecule has 31 nitrogen and oxygen atoms in total. The van der Waals surface area contributed by atoms with Crippen LogP contribution in [0.2, 0.25) is 0 Å². The predicted octanol–water partition coefficient (Wildman–Crippen LogP) is 16.4. The van der Waals surface area contributed by atoms with Gasteiger partial charge in [0, 0.05) is 35.9 Å². The number of H-pyrrole nitrogens is 4. The number of aromatic amines is 4. The van der Waals surface area contributed by atoms with Crippen molar-refractivity contribution in [2.75, 3.05) is 91.9 Å². The van der Waals surface area contributed by atoms with E-state index in [1.54, 1.807) is 156 Å². The van der Waals surface area contributed by atoms with Crippen molar-refractivity contribution < 1.29 is 80.4 Å². The third-order valence-electron chi connectivity index (χ3n) is 20.3. The van der Waals surface area contributed by atoms with Crippen molar-refractivity contribution in [1.29, 1.82) is 0 Å². The van der Waals surface area contributed by atoms with Crippen LogP contribution < -0.4 is 78.1 Å². The number of ether oxygens (including phenoxy) is 12. The average molecular weight is 1740 g/mol. The molecule has 8 aromatic carbocycles. The fourth-order valence-corrected chi connectivity index (χ4v) is 14.3. The normalized spacial score (nSPS) is 11.7. The quantitative estimate of drug-likeness (QED) is 0.0194. The maximum Gasteiger partial charge on any atom is 0.255 e. The average Bonchev–Trinajstić information content (AvgIpc) is 1.68. The van der Waals surface area contributed by atoms with E-state index in [1.165, 1.54) is 27.1 Å². The molecule has 652 valence electrons. The summed E-state index contributed by atoms with van der Waals surface area (Å²) in [5.74, 6) is 6.84. The standard InChI is InChI=1S/C24H23N5O4.C24H23N3O5.C24H23N3O4S.C23H25N3O4/c1-31-20-9-5-15(12-21(20)32-2)4-7-18-22-19(29-28-18)8-6-17(23(22)33-3)24(30)27-14-16-13-25-10-11-26-16;1-29-20-9-5-15(12-21(20)30-2)4-7-18-22-19(27-26-18)8-6-17(23(22)31-3)24(28)25-13-16-10-11-32-14-16;1-29-20-11-7-15(13-21(20)30-2)6-9-18-22-19(27-26-18)10-8-17(23(22)31-3)24(28)25-14-16-5-4-12-32-16;1-28-19-11-7-14(12-20(19)29-2)6-9-17-21-18(26-25-17)10-8-16(22(21)30-3)23(27)24-13-15-4-5-15/h4-13H,14H2,1-3H3,(H,27,30)(H,28,29);4-12,14H,13H2,1-3H3,(H,25,28)(H,26,27);4-13H,14H2,1-3H3,(H,25,28)(H,26,27);6-12,15H,4-5,13H2,1-3H3,(H,24,27)(H,25,26)/b2*7-4+;2*9-6+. The number of benzene rings is 8. The molecule has 0 atom stereocenters. The van der Waals surface area contributed by atoms with Gasteiger partial charge in [-0.2, -0.15) is 20.4 Å². The number of carbonyl (C=O) groups is 4. The second-order valence-corrected chi connectivity index (χ2v) is 29.1. The van der Waals surface area contributed by atoms with Crippen LogP contribution in [0.5, 0.6) is 69.0 Å². The maximum atomic E-state index is 12.9. The summed E-state index contributed by atoms with van der Waals surface area (Å²) in [6.07, 6.45) is 25.5. The van der Waals surface area contributed by atoms with Crippen LogP contribution in [0, 0.1) is 5.92 Å². The molecule has 0 radical (unpaired) electrons. The molecule has 1 fully saturated rings. The van der Waals surface area contributed by atoms with E-state index >= 15 is 0 Å². The molecular formula is C95H94N14O17S. The molecule has 127 heavy (non-hydrogen) atoms. The first kappa shape index (κ1) is 88.9. The van der Waals surface area contributed by atoms with Crippen molar-refractivity contribution >= 4 is 127 Å². The number of amides is 4. The zero-order valence-electron chi connectivity index (χ0n) is 71.7. The number of fused-ring (bicyclic) bond motifs is 4. The lowest BCUT2D eigenvalue weighted by molar-refractivity contribution is 0.0939. The second-order valence-electron chi connectivity index (χ2n) is 28.1. The molecule has 7 heterocycles. The van der Waals surface area contributed by atoms with Gasteiger partial charge in [0.05, 0.1) is 211 Å². The van der Waals surface area contributed by atoms with Crippen molar-refractivity contribution in [2.45, 2.75) is 32.5 Å². The molecular weight excluding hydrogens is 1640 g/mol. The molecule has 32 heteroatoms. The summed E-state index contributed by atoms with van der Waals surface area (Å²) in [6.45, 7) is 1.78. The van der Waals surface area contributed by atoms with Gasteiger partial charge in [0.2, 0.25) is 0 Å². The summed E-state index contributed by atoms with van der Waals surface area (Å²) < 4.78 is 70.2. The number of nitrogens with one attached hydrogen (secondary N) is 8. The number of furan rings is 1. The van der Waals surface area contributed by atoms with Crippen LogP contribution in [0.25, 0.3) is 92.2 Å². The van der Waals surface area contributed by atoms with Crippen molar-refractivity contribution in [3.8, 4) is 69.0 Å². The van der Waals surface area contributed by atoms with E-state index in [9.17, 15) is 19.2 Å². The molecule has 0 bridgehead atoms. The van der Waals surface area contributed by atoms with E-state index in [1.807, 2.05) is 151 Å². The Bertz CT molecular complexity index is 6270. The molecule has 16 rings (SSSR count). The molecule has 0 saturated heterocycles. The van der Waals surface area contributed by atoms with Crippen molar-refractivity contribution in [2.24, 2.45) is 5.92 Å². The number of hydrogen-bond donors (Lipinski definition) is 8. The van der Waals surface area contributed by atoms with E-state index in [2.05, 4.69) is 72.0 Å². The largest absolute Gasteiger partial charge is 0.495 e. The minimum Gasteiger partial charge on any atom is -0.495 e. The fourth-order valence-electron chi connectivity index (χ4n) is 13.7. The van der Waals surface area contributed by atoms with E-state index < -0.39 is 0 Å². The van der Waals surface area contributed by atoms with Crippen LogP contribution in [0.4, 0.5) is 0 Å². The van der Waals surface area contributed by atoms with Crippen molar-refractivity contribution in [1.82, 2.24) is 72.0 Å². The molecule has 7 aromatic heterocycles. The van der Waals surface area contributed by atoms with E-state index in [4.69, 9.17) is 61.3 Å². The summed E-state index contributed by atoms with van der Waals surface area (Å²) in [5.41, 5.74) is 12.8. The minimum absolute atomic E-state index is 0.128. The minimum atomic E-state index is -0.282. The van der Waals surface area contributed by atoms with Gasteiger partial charge in [-0.25, -0.2) is 0 Å². The zero-order valence-corrected chi connectivity index (χ0v) is 72.5. The topological polar surface area (TPSA) is 381 Å². The Kier molecular flexibility index (Phi) is 29.9. The molecule has 0 aliphatic heterocycles. The van der Waals surface area contributed by atoms with Gasteiger partial charge in [-0.1, -0.05) is 54.6 Å². The highest BCUT2D eigenvalue weighted by molar-refractivity contribution is 7.09. The summed E-state index contributed by atoms with van der Waals surface area (Å²) in [5, 5.41) is 46.1. The summed E-state index contributed by atoms with van der Waals surface area (Å²) >= 11 is 1.60. The highest BCUT2D eigenvalue weighted by atomic mass is 32.1. The SMILES string of the molecule is COc1ccc(/C=C/c2[nH]nc3ccc(C(=O)NCC4CC4)c(OC)c23)cc1OC.COc1ccc(/C=C/c2[nH]nc3ccc(C(=O)NCc4cccs4)c(OC)c23)cc1OC.COc1ccc(/C=C/c2[nH]nc3ccc(C(=O)NCc4ccoc4)c(OC)c23)cc1OC.COc1ccc(/C=C/c2[nH]nc3ccc(C(=O)NCc4cnccn4)c(OC)c23)cc1OC. The third-order valence-corrected chi connectivity index (χ3v) is 21.2. The first-order valence-electron chi connectivity index (χ1n) is 39.8. The van der Waals surface area contributed by atoms with Crippen molar-refractivity contribution in [3.63, 3.8) is 0 Å². The van der Waals surface area contributed by atoms with Gasteiger partial charge < -0.3 is 82.5 Å². The van der Waals surface area contributed by atoms with E-state index in [0.717, 1.165) is 71.5 Å². The smallest absolute Gasteiger partial charge is 0.255 e. The number of hydrogen-bond acceptors (Lipinski definition) is 24. The zero-order chi connectivity index (χ0) is 89.3. The highest BCUT2D eigenvalue weighted by Crippen LogP contribution is 2.40. The van der Waals surface area contributed by atoms with Crippen LogP contribution in [0.1, 0.15) is 115 Å². The molecule has 0 spiro atoms. The third kappa shape index (κ3) is 21.4. The Morgan fingerprint density at radius 1 is 0.386 bits per heavy atom. The Morgan fingerprint density at radius 3 is 1.03 bits per heavy atom. The van der Waals surface area contributed by atoms with Gasteiger partial charge in [-0.05, 0) is 180 Å². The van der Waals surface area contributed by atoms with E-state index in [-0.39, 0.29) is 30.2 Å². The summed E-state index contributed by atoms with van der Waals surface area (Å²) in [4.78, 5) is 60.5. The van der Waals surface area contributed by atoms with Crippen molar-refractivity contribution in [3.05, 3.63) is 259 Å². The Balaban J connectivity index is 0.000000145. The number of nitrogens with zero attached hydrogens (tertiary/aromatic N) is 6. The lowest BCUT2D eigenvalue weighted by atomic mass is 10.1. The predicted molar refractivity (Wildman–Crippen MR) is 488 cm³/mol. The van der Waals surface area contributed by atoms with Gasteiger partial charge in [-0.15, -0.1) is 11.3 Å². The Hall–Kier alpha value is -15.9. The number of carbonyl (C=O) groups excluding carboxylic acids is 4. The molecule has 15 aromatic rings. The lowest BCUT2D eigenvalue weighted by Gasteiger charge is -2.10. The first-order chi connectivity index (χ1) is 62.1. The number of rotatable bonds is 32. The van der Waals surface area contributed by atoms with Gasteiger partial charge in [0.25, 0.3) is 23.6 Å². The van der Waals surface area contributed by atoms with Gasteiger partial charge in [-0.3, -0.25) is 49.5 Å². The number of methoxy groups -OCH3 is 12. The van der Waals surface area contributed by atoms with Crippen LogP contribution >= 0.6 is 11.3 Å². The lowest BCUT2D eigenvalue weighted by Crippen LogP contribution is -2.26. The highest BCUT2D eigenvalue weighted by Gasteiger charge is 2.27. The Morgan fingerprint density at radius 2 is 0.732 bits per heavy atom. The fraction of sp³-hybridized carbons (Fsp3) is 0.200. The number of thiophene rings is 1. The van der Waals surface area contributed by atoms with Crippen LogP contribution in [-0.2, 0) is 19.6 Å². The van der Waals surface area contributed by atoms with Crippen LogP contribution in [-0.4, -0.2) is 166 Å². The monoisotopic (exact) mass is 1730 g/mol. The Labute approximate surface area is 734 Å². The number of aromatic nitrogens is 10. The summed E-state index contributed by atoms with van der Waals surface area (Å²) in [7, 11) is 19.0. The van der Waals surface area contributed by atoms with Crippen LogP contribution in [0.3, 0.4) is 0 Å². The molecule has 1 saturated carbocycles. The molecule has 1 aliphatic carbocycles. The molecule has 4 amide bonds.